The SMILES string of the molecule is Nc1ccc(C2=Nc3ccccc3S[C@@H](c3ccccc3O)C2)cc1. The molecule has 4 heteroatoms. The minimum Gasteiger partial charge on any atom is -0.508 e. The Bertz CT molecular complexity index is 935. The molecule has 0 bridgehead atoms. The molecule has 3 aromatic carbocycles. The Morgan fingerprint density at radius 3 is 2.44 bits per heavy atom. The fraction of sp³-hybridized carbons (Fsp3) is 0.0952. The molecule has 0 amide bonds. The highest BCUT2D eigenvalue weighted by Gasteiger charge is 2.24. The molecular weight excluding hydrogens is 328 g/mol. The maximum Gasteiger partial charge on any atom is 0.119 e. The first-order valence-electron chi connectivity index (χ1n) is 8.18. The summed E-state index contributed by atoms with van der Waals surface area (Å²) in [5, 5.41) is 10.4. The van der Waals surface area contributed by atoms with Crippen LogP contribution < -0.4 is 5.73 Å². The van der Waals surface area contributed by atoms with E-state index >= 15 is 0 Å². The Balaban J connectivity index is 1.82. The molecule has 3 N–H and O–H groups in total. The smallest absolute Gasteiger partial charge is 0.119 e. The summed E-state index contributed by atoms with van der Waals surface area (Å²) in [6.45, 7) is 0. The molecule has 0 spiro atoms. The normalized spacial score (nSPS) is 16.6. The van der Waals surface area contributed by atoms with Crippen LogP contribution in [0.4, 0.5) is 11.4 Å². The van der Waals surface area contributed by atoms with Crippen LogP contribution in [0, 0.1) is 0 Å². The molecule has 3 nitrogen and oxygen atoms in total. The summed E-state index contributed by atoms with van der Waals surface area (Å²) >= 11 is 1.75. The maximum atomic E-state index is 10.3. The maximum absolute atomic E-state index is 10.3. The van der Waals surface area contributed by atoms with Crippen molar-refractivity contribution in [1.29, 1.82) is 0 Å². The Morgan fingerprint density at radius 1 is 0.920 bits per heavy atom. The topological polar surface area (TPSA) is 58.6 Å². The predicted octanol–water partition coefficient (Wildman–Crippen LogP) is 5.33. The van der Waals surface area contributed by atoms with Crippen molar-refractivity contribution in [2.75, 3.05) is 5.73 Å². The van der Waals surface area contributed by atoms with Crippen molar-refractivity contribution in [3.63, 3.8) is 0 Å². The molecule has 1 aliphatic heterocycles. The quantitative estimate of drug-likeness (QED) is 0.616. The lowest BCUT2D eigenvalue weighted by Crippen LogP contribution is -2.05. The van der Waals surface area contributed by atoms with E-state index in [0.29, 0.717) is 5.75 Å². The molecule has 0 saturated heterocycles. The molecule has 0 radical (unpaired) electrons. The average molecular weight is 346 g/mol. The molecule has 4 rings (SSSR count). The van der Waals surface area contributed by atoms with Crippen LogP contribution in [0.2, 0.25) is 0 Å². The van der Waals surface area contributed by atoms with Crippen molar-refractivity contribution in [2.24, 2.45) is 4.99 Å². The first-order valence-corrected chi connectivity index (χ1v) is 9.06. The van der Waals surface area contributed by atoms with Gasteiger partial charge in [0, 0.05) is 33.5 Å². The van der Waals surface area contributed by atoms with Gasteiger partial charge in [0.25, 0.3) is 0 Å². The van der Waals surface area contributed by atoms with Gasteiger partial charge in [0.05, 0.1) is 5.69 Å². The minimum absolute atomic E-state index is 0.0983. The Hall–Kier alpha value is -2.72. The van der Waals surface area contributed by atoms with Crippen molar-refractivity contribution < 1.29 is 5.11 Å². The third-order valence-corrected chi connectivity index (χ3v) is 5.60. The second kappa shape index (κ2) is 6.65. The number of rotatable bonds is 2. The monoisotopic (exact) mass is 346 g/mol. The standard InChI is InChI=1S/C21H18N2OS/c22-15-11-9-14(10-12-15)18-13-21(16-5-1-3-7-19(16)24)25-20-8-4-2-6-17(20)23-18/h1-12,21,24H,13,22H2/t21-/m1/s1. The van der Waals surface area contributed by atoms with E-state index in [1.165, 1.54) is 0 Å². The summed E-state index contributed by atoms with van der Waals surface area (Å²) < 4.78 is 0. The van der Waals surface area contributed by atoms with Gasteiger partial charge in [-0.15, -0.1) is 11.8 Å². The zero-order chi connectivity index (χ0) is 17.2. The number of benzene rings is 3. The molecular formula is C21H18N2OS. The summed E-state index contributed by atoms with van der Waals surface area (Å²) in [5.41, 5.74) is 10.5. The molecule has 25 heavy (non-hydrogen) atoms. The molecule has 1 aliphatic rings. The highest BCUT2D eigenvalue weighted by Crippen LogP contribution is 2.47. The minimum atomic E-state index is 0.0983. The number of nitrogens with two attached hydrogens (primary N) is 1. The molecule has 0 saturated carbocycles. The van der Waals surface area contributed by atoms with Gasteiger partial charge >= 0.3 is 0 Å². The van der Waals surface area contributed by atoms with Gasteiger partial charge in [-0.3, -0.25) is 4.99 Å². The number of para-hydroxylation sites is 2. The summed E-state index contributed by atoms with van der Waals surface area (Å²) in [4.78, 5) is 6.04. The van der Waals surface area contributed by atoms with E-state index < -0.39 is 0 Å². The number of nitrogen functional groups attached to an aromatic ring is 1. The summed E-state index contributed by atoms with van der Waals surface area (Å²) in [7, 11) is 0. The van der Waals surface area contributed by atoms with Crippen LogP contribution in [0.5, 0.6) is 5.75 Å². The van der Waals surface area contributed by atoms with Gasteiger partial charge in [-0.05, 0) is 35.9 Å². The van der Waals surface area contributed by atoms with Gasteiger partial charge in [-0.25, -0.2) is 0 Å². The van der Waals surface area contributed by atoms with Crippen LogP contribution in [0.3, 0.4) is 0 Å². The zero-order valence-corrected chi connectivity index (χ0v) is 14.4. The first-order chi connectivity index (χ1) is 12.2. The van der Waals surface area contributed by atoms with Crippen molar-refractivity contribution >= 4 is 28.8 Å². The van der Waals surface area contributed by atoms with Gasteiger partial charge in [0.1, 0.15) is 5.75 Å². The molecule has 124 valence electrons. The second-order valence-corrected chi connectivity index (χ2v) is 7.26. The summed E-state index contributed by atoms with van der Waals surface area (Å²) in [5.74, 6) is 0.330. The molecule has 3 aromatic rings. The van der Waals surface area contributed by atoms with E-state index in [4.69, 9.17) is 10.7 Å². The highest BCUT2D eigenvalue weighted by molar-refractivity contribution is 7.99. The average Bonchev–Trinajstić information content (AvgIpc) is 2.82. The van der Waals surface area contributed by atoms with Crippen LogP contribution in [0.15, 0.2) is 82.7 Å². The Labute approximate surface area is 151 Å². The van der Waals surface area contributed by atoms with Gasteiger partial charge in [-0.1, -0.05) is 42.5 Å². The van der Waals surface area contributed by atoms with Crippen LogP contribution in [-0.2, 0) is 0 Å². The number of phenols is 1. The number of fused-ring (bicyclic) bond motifs is 1. The fourth-order valence-corrected chi connectivity index (χ4v) is 4.27. The number of nitrogens with zero attached hydrogens (tertiary/aromatic N) is 1. The lowest BCUT2D eigenvalue weighted by Gasteiger charge is -2.17. The number of aromatic hydroxyl groups is 1. The van der Waals surface area contributed by atoms with E-state index in [-0.39, 0.29) is 5.25 Å². The van der Waals surface area contributed by atoms with Gasteiger partial charge in [0.2, 0.25) is 0 Å². The van der Waals surface area contributed by atoms with Gasteiger partial charge < -0.3 is 10.8 Å². The zero-order valence-electron chi connectivity index (χ0n) is 13.6. The van der Waals surface area contributed by atoms with E-state index in [0.717, 1.165) is 39.5 Å². The summed E-state index contributed by atoms with van der Waals surface area (Å²) in [6.07, 6.45) is 0.737. The van der Waals surface area contributed by atoms with Crippen molar-refractivity contribution in [3.05, 3.63) is 83.9 Å². The Kier molecular flexibility index (Phi) is 4.20. The van der Waals surface area contributed by atoms with E-state index in [1.54, 1.807) is 17.8 Å². The van der Waals surface area contributed by atoms with Crippen LogP contribution in [0.25, 0.3) is 0 Å². The first kappa shape index (κ1) is 15.8. The number of aliphatic imine (C=N–C) groups is 1. The fourth-order valence-electron chi connectivity index (χ4n) is 3.00. The number of phenolic OH excluding ortho intramolecular Hbond substituents is 1. The van der Waals surface area contributed by atoms with Gasteiger partial charge in [0.15, 0.2) is 0 Å². The molecule has 0 aromatic heterocycles. The lowest BCUT2D eigenvalue weighted by molar-refractivity contribution is 0.468. The number of anilines is 1. The van der Waals surface area contributed by atoms with Crippen molar-refractivity contribution in [2.45, 2.75) is 16.6 Å². The van der Waals surface area contributed by atoms with E-state index in [9.17, 15) is 5.11 Å². The number of thioether (sulfide) groups is 1. The number of hydrogen-bond donors (Lipinski definition) is 2. The molecule has 0 fully saturated rings. The largest absolute Gasteiger partial charge is 0.508 e. The predicted molar refractivity (Wildman–Crippen MR) is 105 cm³/mol. The van der Waals surface area contributed by atoms with Crippen LogP contribution in [0.1, 0.15) is 22.8 Å². The van der Waals surface area contributed by atoms with E-state index in [2.05, 4.69) is 6.07 Å². The number of hydrogen-bond acceptors (Lipinski definition) is 4. The molecule has 1 heterocycles. The van der Waals surface area contributed by atoms with Gasteiger partial charge in [-0.2, -0.15) is 0 Å². The van der Waals surface area contributed by atoms with E-state index in [1.807, 2.05) is 60.7 Å². The third-order valence-electron chi connectivity index (χ3n) is 4.30. The van der Waals surface area contributed by atoms with Crippen molar-refractivity contribution in [1.82, 2.24) is 0 Å². The van der Waals surface area contributed by atoms with Crippen LogP contribution >= 0.6 is 11.8 Å². The summed E-state index contributed by atoms with van der Waals surface area (Å²) in [6, 6.07) is 23.5. The Morgan fingerprint density at radius 2 is 1.64 bits per heavy atom. The van der Waals surface area contributed by atoms with Crippen molar-refractivity contribution in [3.8, 4) is 5.75 Å². The molecule has 0 unspecified atom stereocenters. The molecule has 0 aliphatic carbocycles. The second-order valence-electron chi connectivity index (χ2n) is 6.02. The van der Waals surface area contributed by atoms with Crippen LogP contribution in [-0.4, -0.2) is 10.8 Å². The third kappa shape index (κ3) is 3.26. The molecule has 1 atom stereocenters. The lowest BCUT2D eigenvalue weighted by atomic mass is 10.0. The highest BCUT2D eigenvalue weighted by atomic mass is 32.2.